The van der Waals surface area contributed by atoms with Crippen molar-refractivity contribution in [3.8, 4) is 5.75 Å². The number of ether oxygens (including phenoxy) is 1. The minimum Gasteiger partial charge on any atom is -0.497 e. The molecule has 1 aliphatic heterocycles. The first kappa shape index (κ1) is 17.8. The van der Waals surface area contributed by atoms with Crippen LogP contribution in [0.3, 0.4) is 0 Å². The first-order valence-corrected chi connectivity index (χ1v) is 8.23. The maximum atomic E-state index is 5.30. The average Bonchev–Trinajstić information content (AvgIpc) is 2.62. The molecule has 0 spiro atoms. The zero-order chi connectivity index (χ0) is 15.4. The van der Waals surface area contributed by atoms with Crippen molar-refractivity contribution in [2.75, 3.05) is 26.7 Å². The second-order valence-corrected chi connectivity index (χ2v) is 6.08. The number of halogens is 1. The Morgan fingerprint density at radius 3 is 2.22 bits per heavy atom. The number of rotatable bonds is 4. The van der Waals surface area contributed by atoms with Crippen molar-refractivity contribution in [3.05, 3.63) is 65.7 Å². The van der Waals surface area contributed by atoms with Crippen LogP contribution in [0, 0.1) is 0 Å². The molecular formula is C20H26ClNO. The first-order chi connectivity index (χ1) is 10.8. The van der Waals surface area contributed by atoms with E-state index >= 15 is 0 Å². The fourth-order valence-electron chi connectivity index (χ4n) is 3.59. The molecule has 0 bridgehead atoms. The van der Waals surface area contributed by atoms with E-state index in [-0.39, 0.29) is 12.4 Å². The van der Waals surface area contributed by atoms with Crippen LogP contribution in [0.4, 0.5) is 0 Å². The third-order valence-corrected chi connectivity index (χ3v) is 4.92. The predicted molar refractivity (Wildman–Crippen MR) is 98.9 cm³/mol. The van der Waals surface area contributed by atoms with E-state index in [4.69, 9.17) is 4.74 Å². The van der Waals surface area contributed by atoms with Crippen molar-refractivity contribution in [1.82, 2.24) is 4.90 Å². The zero-order valence-corrected chi connectivity index (χ0v) is 14.8. The van der Waals surface area contributed by atoms with Crippen LogP contribution in [0.1, 0.15) is 36.3 Å². The van der Waals surface area contributed by atoms with Crippen molar-refractivity contribution in [3.63, 3.8) is 0 Å². The fraction of sp³-hybridized carbons (Fsp3) is 0.400. The summed E-state index contributed by atoms with van der Waals surface area (Å²) in [4.78, 5) is 2.56. The van der Waals surface area contributed by atoms with Gasteiger partial charge in [-0.15, -0.1) is 12.4 Å². The lowest BCUT2D eigenvalue weighted by Gasteiger charge is -2.39. The molecule has 2 nitrogen and oxygen atoms in total. The molecule has 2 unspecified atom stereocenters. The van der Waals surface area contributed by atoms with Gasteiger partial charge in [0.25, 0.3) is 0 Å². The third-order valence-electron chi connectivity index (χ3n) is 4.92. The minimum absolute atomic E-state index is 0. The van der Waals surface area contributed by atoms with E-state index in [9.17, 15) is 0 Å². The lowest BCUT2D eigenvalue weighted by atomic mass is 9.77. The van der Waals surface area contributed by atoms with Gasteiger partial charge >= 0.3 is 0 Å². The highest BCUT2D eigenvalue weighted by Gasteiger charge is 2.30. The highest BCUT2D eigenvalue weighted by molar-refractivity contribution is 5.85. The topological polar surface area (TPSA) is 12.5 Å². The lowest BCUT2D eigenvalue weighted by molar-refractivity contribution is 0.198. The number of likely N-dealkylation sites (N-methyl/N-ethyl adjacent to an activating group) is 1. The number of nitrogens with zero attached hydrogens (tertiary/aromatic N) is 1. The molecule has 1 aliphatic rings. The van der Waals surface area contributed by atoms with Gasteiger partial charge in [0.05, 0.1) is 7.11 Å². The van der Waals surface area contributed by atoms with Crippen molar-refractivity contribution >= 4 is 12.4 Å². The number of hydrogen-bond acceptors (Lipinski definition) is 2. The van der Waals surface area contributed by atoms with Gasteiger partial charge in [-0.25, -0.2) is 0 Å². The van der Waals surface area contributed by atoms with Gasteiger partial charge in [0.15, 0.2) is 0 Å². The van der Waals surface area contributed by atoms with Gasteiger partial charge in [-0.3, -0.25) is 0 Å². The molecule has 2 aromatic rings. The summed E-state index contributed by atoms with van der Waals surface area (Å²) in [5.41, 5.74) is 2.90. The number of likely N-dealkylation sites (tertiary alicyclic amines) is 1. The Bertz CT molecular complexity index is 584. The molecule has 0 saturated carbocycles. The van der Waals surface area contributed by atoms with Gasteiger partial charge in [0, 0.05) is 12.5 Å². The summed E-state index contributed by atoms with van der Waals surface area (Å²) in [5, 5.41) is 0. The predicted octanol–water partition coefficient (Wildman–Crippen LogP) is 4.71. The molecule has 0 aromatic heterocycles. The van der Waals surface area contributed by atoms with Crippen LogP contribution in [0.5, 0.6) is 5.75 Å². The summed E-state index contributed by atoms with van der Waals surface area (Å²) in [6.45, 7) is 5.73. The van der Waals surface area contributed by atoms with Crippen LogP contribution < -0.4 is 4.74 Å². The van der Waals surface area contributed by atoms with Crippen LogP contribution in [0.15, 0.2) is 54.6 Å². The van der Waals surface area contributed by atoms with Gasteiger partial charge in [0.2, 0.25) is 0 Å². The molecule has 124 valence electrons. The maximum absolute atomic E-state index is 5.30. The van der Waals surface area contributed by atoms with E-state index in [0.29, 0.717) is 11.8 Å². The monoisotopic (exact) mass is 331 g/mol. The van der Waals surface area contributed by atoms with E-state index in [2.05, 4.69) is 66.4 Å². The molecule has 2 atom stereocenters. The second kappa shape index (κ2) is 8.37. The van der Waals surface area contributed by atoms with Crippen LogP contribution in [0.25, 0.3) is 0 Å². The van der Waals surface area contributed by atoms with Crippen molar-refractivity contribution in [2.45, 2.75) is 25.2 Å². The Morgan fingerprint density at radius 2 is 1.61 bits per heavy atom. The van der Waals surface area contributed by atoms with Gasteiger partial charge in [-0.05, 0) is 48.7 Å². The highest BCUT2D eigenvalue weighted by Crippen LogP contribution is 2.39. The van der Waals surface area contributed by atoms with Crippen molar-refractivity contribution in [2.24, 2.45) is 0 Å². The van der Waals surface area contributed by atoms with Crippen molar-refractivity contribution in [1.29, 1.82) is 0 Å². The van der Waals surface area contributed by atoms with E-state index in [0.717, 1.165) is 18.8 Å². The molecule has 3 heteroatoms. The van der Waals surface area contributed by atoms with Crippen LogP contribution in [0.2, 0.25) is 0 Å². The quantitative estimate of drug-likeness (QED) is 0.804. The Hall–Kier alpha value is -1.51. The van der Waals surface area contributed by atoms with E-state index in [1.165, 1.54) is 24.1 Å². The summed E-state index contributed by atoms with van der Waals surface area (Å²) in [6, 6.07) is 19.6. The third kappa shape index (κ3) is 4.07. The largest absolute Gasteiger partial charge is 0.497 e. The van der Waals surface area contributed by atoms with E-state index < -0.39 is 0 Å². The molecule has 0 radical (unpaired) electrons. The fourth-order valence-corrected chi connectivity index (χ4v) is 3.59. The Morgan fingerprint density at radius 1 is 0.957 bits per heavy atom. The van der Waals surface area contributed by atoms with Gasteiger partial charge < -0.3 is 9.64 Å². The molecule has 0 aliphatic carbocycles. The van der Waals surface area contributed by atoms with E-state index in [1.54, 1.807) is 7.11 Å². The molecule has 1 saturated heterocycles. The molecule has 2 aromatic carbocycles. The average molecular weight is 332 g/mol. The Kier molecular flexibility index (Phi) is 6.49. The SMILES string of the molecule is CCN1CCC(c2ccccc2)C(c2ccc(OC)cc2)C1.Cl. The standard InChI is InChI=1S/C20H25NO.ClH/c1-3-21-14-13-19(16-7-5-4-6-8-16)20(15-21)17-9-11-18(22-2)12-10-17;/h4-12,19-20H,3,13-15H2,1-2H3;1H. The van der Waals surface area contributed by atoms with Crippen LogP contribution in [-0.4, -0.2) is 31.6 Å². The molecule has 1 fully saturated rings. The summed E-state index contributed by atoms with van der Waals surface area (Å²) in [5.74, 6) is 2.10. The summed E-state index contributed by atoms with van der Waals surface area (Å²) < 4.78 is 5.30. The minimum atomic E-state index is 0. The van der Waals surface area contributed by atoms with E-state index in [1.807, 2.05) is 0 Å². The highest BCUT2D eigenvalue weighted by atomic mass is 35.5. The van der Waals surface area contributed by atoms with Crippen LogP contribution >= 0.6 is 12.4 Å². The van der Waals surface area contributed by atoms with Gasteiger partial charge in [-0.1, -0.05) is 49.4 Å². The van der Waals surface area contributed by atoms with Crippen LogP contribution in [-0.2, 0) is 0 Å². The summed E-state index contributed by atoms with van der Waals surface area (Å²) in [7, 11) is 1.72. The summed E-state index contributed by atoms with van der Waals surface area (Å²) in [6.07, 6.45) is 1.23. The number of methoxy groups -OCH3 is 1. The summed E-state index contributed by atoms with van der Waals surface area (Å²) >= 11 is 0. The Labute approximate surface area is 145 Å². The number of benzene rings is 2. The number of hydrogen-bond donors (Lipinski definition) is 0. The van der Waals surface area contributed by atoms with Gasteiger partial charge in [0.1, 0.15) is 5.75 Å². The maximum Gasteiger partial charge on any atom is 0.118 e. The molecular weight excluding hydrogens is 306 g/mol. The number of piperidine rings is 1. The molecule has 23 heavy (non-hydrogen) atoms. The van der Waals surface area contributed by atoms with Gasteiger partial charge in [-0.2, -0.15) is 0 Å². The molecule has 0 N–H and O–H groups in total. The molecule has 1 heterocycles. The first-order valence-electron chi connectivity index (χ1n) is 8.23. The zero-order valence-electron chi connectivity index (χ0n) is 13.9. The smallest absolute Gasteiger partial charge is 0.118 e. The second-order valence-electron chi connectivity index (χ2n) is 6.08. The lowest BCUT2D eigenvalue weighted by Crippen LogP contribution is -2.38. The van der Waals surface area contributed by atoms with Crippen molar-refractivity contribution < 1.29 is 4.74 Å². The Balaban J connectivity index is 0.00000192. The molecule has 0 amide bonds. The normalized spacial score (nSPS) is 21.5. The molecule has 3 rings (SSSR count).